The zero-order valence-corrected chi connectivity index (χ0v) is 26.0. The first-order chi connectivity index (χ1) is 21.6. The van der Waals surface area contributed by atoms with Gasteiger partial charge in [0.2, 0.25) is 5.95 Å². The minimum absolute atomic E-state index is 0.0508. The molecule has 2 atom stereocenters. The number of ether oxygens (including phenoxy) is 1. The summed E-state index contributed by atoms with van der Waals surface area (Å²) in [6, 6.07) is 5.27. The molecule has 3 heterocycles. The molecule has 3 aromatic rings. The number of aliphatic carboxylic acids is 1. The van der Waals surface area contributed by atoms with Crippen LogP contribution in [0.15, 0.2) is 41.0 Å². The molecule has 0 bridgehead atoms. The smallest absolute Gasteiger partial charge is 0.418 e. The van der Waals surface area contributed by atoms with Crippen molar-refractivity contribution in [3.8, 4) is 17.0 Å². The van der Waals surface area contributed by atoms with Crippen LogP contribution in [0.5, 0.6) is 5.75 Å². The summed E-state index contributed by atoms with van der Waals surface area (Å²) in [4.78, 5) is 51.1. The number of carbonyl (C=O) groups is 3. The number of carboxylic acid groups (broad SMARTS) is 1. The van der Waals surface area contributed by atoms with Gasteiger partial charge in [-0.2, -0.15) is 13.5 Å². The minimum Gasteiger partial charge on any atom is -0.489 e. The van der Waals surface area contributed by atoms with Gasteiger partial charge in [-0.05, 0) is 51.1 Å². The number of imidazole rings is 1. The largest absolute Gasteiger partial charge is 0.489 e. The molecule has 2 amide bonds. The maximum atomic E-state index is 13.2. The number of benzene rings is 1. The highest BCUT2D eigenvalue weighted by atomic mass is 32.3. The molecule has 248 valence electrons. The molecule has 1 aliphatic rings. The molecule has 0 saturated carbocycles. The fourth-order valence-corrected chi connectivity index (χ4v) is 5.19. The Bertz CT molecular complexity index is 1740. The number of amides is 2. The van der Waals surface area contributed by atoms with Crippen LogP contribution in [0.1, 0.15) is 26.0 Å². The molecule has 2 aromatic heterocycles. The van der Waals surface area contributed by atoms with Gasteiger partial charge in [-0.3, -0.25) is 14.1 Å². The quantitative estimate of drug-likeness (QED) is 0.0515. The Kier molecular flexibility index (Phi) is 10.1. The number of nitrogens with zero attached hydrogens (tertiary/aromatic N) is 5. The second kappa shape index (κ2) is 13.7. The molecule has 46 heavy (non-hydrogen) atoms. The van der Waals surface area contributed by atoms with Crippen LogP contribution in [0.3, 0.4) is 0 Å². The van der Waals surface area contributed by atoms with E-state index in [1.807, 2.05) is 0 Å². The number of carboxylic acids is 1. The molecule has 21 heteroatoms. The third-order valence-electron chi connectivity index (χ3n) is 6.61. The topological polar surface area (TPSA) is 290 Å². The predicted octanol–water partition coefficient (Wildman–Crippen LogP) is -0.387. The molecular weight excluding hydrogens is 650 g/mol. The van der Waals surface area contributed by atoms with Crippen LogP contribution >= 0.6 is 11.3 Å². The van der Waals surface area contributed by atoms with Crippen molar-refractivity contribution in [2.45, 2.75) is 44.5 Å². The molecule has 0 unspecified atom stereocenters. The van der Waals surface area contributed by atoms with E-state index >= 15 is 0 Å². The van der Waals surface area contributed by atoms with E-state index < -0.39 is 58.2 Å². The summed E-state index contributed by atoms with van der Waals surface area (Å²) in [5.74, 6) is -2.86. The van der Waals surface area contributed by atoms with E-state index in [-0.39, 0.29) is 10.8 Å². The number of thiazole rings is 1. The van der Waals surface area contributed by atoms with Gasteiger partial charge in [0.1, 0.15) is 24.1 Å². The van der Waals surface area contributed by atoms with Crippen molar-refractivity contribution in [1.82, 2.24) is 24.9 Å². The second-order valence-electron chi connectivity index (χ2n) is 10.3. The molecule has 1 aliphatic heterocycles. The average Bonchev–Trinajstić information content (AvgIpc) is 3.59. The van der Waals surface area contributed by atoms with E-state index in [2.05, 4.69) is 24.7 Å². The van der Waals surface area contributed by atoms with Gasteiger partial charge in [0.15, 0.2) is 10.8 Å². The number of carbonyl (C=O) groups excluding carboxylic acids is 2. The Balaban J connectivity index is 1.44. The normalized spacial score (nSPS) is 16.9. The van der Waals surface area contributed by atoms with E-state index in [1.54, 1.807) is 35.0 Å². The van der Waals surface area contributed by atoms with Gasteiger partial charge < -0.3 is 41.8 Å². The molecule has 9 N–H and O–H groups in total. The number of nitrogens with two attached hydrogens (primary N) is 3. The van der Waals surface area contributed by atoms with Crippen LogP contribution in [0, 0.1) is 0 Å². The van der Waals surface area contributed by atoms with Crippen LogP contribution in [0.2, 0.25) is 0 Å². The zero-order chi connectivity index (χ0) is 33.8. The van der Waals surface area contributed by atoms with Crippen molar-refractivity contribution >= 4 is 56.3 Å². The van der Waals surface area contributed by atoms with Gasteiger partial charge in [-0.25, -0.2) is 14.8 Å². The summed E-state index contributed by atoms with van der Waals surface area (Å²) in [7, 11) is -5.02. The van der Waals surface area contributed by atoms with E-state index in [4.69, 9.17) is 31.3 Å². The predicted molar refractivity (Wildman–Crippen MR) is 162 cm³/mol. The number of aromatic nitrogens is 3. The number of oxime groups is 1. The van der Waals surface area contributed by atoms with Gasteiger partial charge >= 0.3 is 16.4 Å². The fourth-order valence-electron chi connectivity index (χ4n) is 4.19. The van der Waals surface area contributed by atoms with Gasteiger partial charge in [-0.15, -0.1) is 15.6 Å². The van der Waals surface area contributed by atoms with Crippen LogP contribution in [0.4, 0.5) is 11.1 Å². The van der Waals surface area contributed by atoms with Crippen LogP contribution in [-0.4, -0.2) is 92.0 Å². The average molecular weight is 682 g/mol. The number of hydroxylamine groups is 2. The standard InChI is InChI=1S/C25H31N9O10S2/c1-25(2)19(21(36)34(25)44-46(39,40)41)31-20(35)18(16-12-45-24(28)30-16)32-43-17(22(37)38)11-42-14-6-4-13(5-7-14)15-10-33(9-3-8-26)23(27)29-15/h4-7,10,12,17,19H,3,8-9,11,26H2,1-2H3,(H2,27,29)(H2,28,30)(H,31,35)(H,37,38)(H,39,40,41)/b32-18-/t17-,19+/m0/s1. The third kappa shape index (κ3) is 7.87. The monoisotopic (exact) mass is 681 g/mol. The summed E-state index contributed by atoms with van der Waals surface area (Å²) in [5, 5.41) is 17.5. The number of aryl methyl sites for hydroxylation is 1. The Morgan fingerprint density at radius 3 is 2.48 bits per heavy atom. The fraction of sp³-hybridized carbons (Fsp3) is 0.360. The van der Waals surface area contributed by atoms with Crippen molar-refractivity contribution in [2.75, 3.05) is 24.6 Å². The van der Waals surface area contributed by atoms with Gasteiger partial charge in [-0.1, -0.05) is 5.16 Å². The molecule has 0 radical (unpaired) electrons. The zero-order valence-electron chi connectivity index (χ0n) is 24.4. The van der Waals surface area contributed by atoms with Crippen molar-refractivity contribution < 1.29 is 46.3 Å². The van der Waals surface area contributed by atoms with Gasteiger partial charge in [0, 0.05) is 23.7 Å². The Morgan fingerprint density at radius 2 is 1.91 bits per heavy atom. The molecular formula is C25H31N9O10S2. The maximum Gasteiger partial charge on any atom is 0.418 e. The van der Waals surface area contributed by atoms with Crippen molar-refractivity contribution in [3.05, 3.63) is 41.5 Å². The van der Waals surface area contributed by atoms with Crippen LogP contribution in [-0.2, 0) is 40.4 Å². The number of anilines is 2. The SMILES string of the molecule is CC1(C)[C@H](NC(=O)/C(=N\O[C@@H](COc2ccc(-c3cn(CCCN)c(N)n3)cc2)C(=O)O)c2csc(N)n2)C(=O)N1OS(=O)(=O)O. The summed E-state index contributed by atoms with van der Waals surface area (Å²) >= 11 is 0.951. The van der Waals surface area contributed by atoms with E-state index in [1.165, 1.54) is 19.2 Å². The van der Waals surface area contributed by atoms with E-state index in [9.17, 15) is 27.9 Å². The molecule has 0 aliphatic carbocycles. The van der Waals surface area contributed by atoms with E-state index in [0.717, 1.165) is 23.3 Å². The Morgan fingerprint density at radius 1 is 1.22 bits per heavy atom. The molecule has 19 nitrogen and oxygen atoms in total. The Labute approximate surface area is 265 Å². The van der Waals surface area contributed by atoms with Gasteiger partial charge in [0.05, 0.1) is 11.2 Å². The lowest BCUT2D eigenvalue weighted by atomic mass is 9.84. The highest BCUT2D eigenvalue weighted by Gasteiger charge is 2.58. The maximum absolute atomic E-state index is 13.2. The number of nitrogen functional groups attached to an aromatic ring is 2. The van der Waals surface area contributed by atoms with Crippen molar-refractivity contribution in [2.24, 2.45) is 10.9 Å². The molecule has 0 spiro atoms. The molecule has 1 fully saturated rings. The first kappa shape index (κ1) is 34.1. The highest BCUT2D eigenvalue weighted by Crippen LogP contribution is 2.33. The van der Waals surface area contributed by atoms with Crippen LogP contribution < -0.4 is 27.3 Å². The number of rotatable bonds is 15. The van der Waals surface area contributed by atoms with Crippen molar-refractivity contribution in [3.63, 3.8) is 0 Å². The summed E-state index contributed by atoms with van der Waals surface area (Å²) < 4.78 is 42.7. The molecule has 4 rings (SSSR count). The summed E-state index contributed by atoms with van der Waals surface area (Å²) in [6.07, 6.45) is 0.832. The first-order valence-electron chi connectivity index (χ1n) is 13.4. The summed E-state index contributed by atoms with van der Waals surface area (Å²) in [5.41, 5.74) is 16.5. The lowest BCUT2D eigenvalue weighted by Gasteiger charge is -2.50. The van der Waals surface area contributed by atoms with Gasteiger partial charge in [0.25, 0.3) is 17.9 Å². The second-order valence-corrected chi connectivity index (χ2v) is 12.2. The number of β-lactam (4-membered cyclic amide) rings is 1. The van der Waals surface area contributed by atoms with Crippen LogP contribution in [0.25, 0.3) is 11.3 Å². The molecule has 1 aromatic carbocycles. The minimum atomic E-state index is -5.02. The van der Waals surface area contributed by atoms with Crippen molar-refractivity contribution in [1.29, 1.82) is 0 Å². The number of nitrogens with one attached hydrogen (secondary N) is 1. The Hall–Kier alpha value is -4.83. The molecule has 1 saturated heterocycles. The highest BCUT2D eigenvalue weighted by molar-refractivity contribution is 7.80. The number of hydrogen-bond donors (Lipinski definition) is 6. The lowest BCUT2D eigenvalue weighted by Crippen LogP contribution is -2.76. The van der Waals surface area contributed by atoms with E-state index in [0.29, 0.717) is 35.5 Å². The third-order valence-corrected chi connectivity index (χ3v) is 7.62. The first-order valence-corrected chi connectivity index (χ1v) is 15.6. The lowest BCUT2D eigenvalue weighted by molar-refractivity contribution is -0.218. The number of hydrogen-bond acceptors (Lipinski definition) is 15. The summed E-state index contributed by atoms with van der Waals surface area (Å²) in [6.45, 7) is 3.32.